The van der Waals surface area contributed by atoms with Crippen LogP contribution < -0.4 is 0 Å². The molecule has 20 heavy (non-hydrogen) atoms. The average molecular weight is 349 g/mol. The third-order valence-electron chi connectivity index (χ3n) is 2.93. The summed E-state index contributed by atoms with van der Waals surface area (Å²) >= 11 is 9.36. The molecule has 0 amide bonds. The number of aromatic nitrogens is 3. The molecule has 100 valence electrons. The Balaban J connectivity index is 1.92. The normalized spacial score (nSPS) is 10.7. The van der Waals surface area contributed by atoms with Crippen molar-refractivity contribution in [1.82, 2.24) is 14.5 Å². The van der Waals surface area contributed by atoms with E-state index >= 15 is 0 Å². The molecule has 1 aromatic carbocycles. The average Bonchev–Trinajstić information content (AvgIpc) is 2.89. The van der Waals surface area contributed by atoms with Crippen molar-refractivity contribution in [3.63, 3.8) is 0 Å². The highest BCUT2D eigenvalue weighted by molar-refractivity contribution is 9.10. The van der Waals surface area contributed by atoms with Crippen LogP contribution in [0.15, 0.2) is 59.5 Å². The van der Waals surface area contributed by atoms with Gasteiger partial charge < -0.3 is 4.57 Å². The number of rotatable bonds is 3. The van der Waals surface area contributed by atoms with Gasteiger partial charge >= 0.3 is 0 Å². The van der Waals surface area contributed by atoms with Gasteiger partial charge in [0.15, 0.2) is 5.82 Å². The molecule has 3 nitrogen and oxygen atoms in total. The van der Waals surface area contributed by atoms with Gasteiger partial charge in [-0.1, -0.05) is 39.7 Å². The molecule has 0 bridgehead atoms. The maximum absolute atomic E-state index is 5.90. The summed E-state index contributed by atoms with van der Waals surface area (Å²) in [6.07, 6.45) is 5.50. The summed E-state index contributed by atoms with van der Waals surface area (Å²) in [5, 5.41) is 0.744. The maximum Gasteiger partial charge on any atom is 0.158 e. The lowest BCUT2D eigenvalue weighted by Crippen LogP contribution is -2.01. The zero-order valence-electron chi connectivity index (χ0n) is 10.5. The third kappa shape index (κ3) is 2.92. The summed E-state index contributed by atoms with van der Waals surface area (Å²) in [7, 11) is 0. The van der Waals surface area contributed by atoms with Crippen LogP contribution in [0.1, 0.15) is 5.56 Å². The molecule has 0 saturated heterocycles. The molecule has 3 aromatic rings. The van der Waals surface area contributed by atoms with Crippen LogP contribution >= 0.6 is 27.5 Å². The second kappa shape index (κ2) is 5.77. The minimum atomic E-state index is 0.737. The smallest absolute Gasteiger partial charge is 0.158 e. The van der Waals surface area contributed by atoms with Gasteiger partial charge in [-0.3, -0.25) is 4.98 Å². The summed E-state index contributed by atoms with van der Waals surface area (Å²) in [4.78, 5) is 8.76. The predicted molar refractivity (Wildman–Crippen MR) is 83.7 cm³/mol. The van der Waals surface area contributed by atoms with Crippen molar-refractivity contribution in [2.75, 3.05) is 0 Å². The highest BCUT2D eigenvalue weighted by atomic mass is 79.9. The van der Waals surface area contributed by atoms with Crippen LogP contribution in [0.5, 0.6) is 0 Å². The van der Waals surface area contributed by atoms with E-state index in [0.29, 0.717) is 0 Å². The standard InChI is InChI=1S/C15H11BrClN3/c16-12-5-6-18-14(9-12)15-19-7-8-20(15)10-11-1-3-13(17)4-2-11/h1-9H,10H2. The SMILES string of the molecule is Clc1ccc(Cn2ccnc2-c2cc(Br)ccn2)cc1. The van der Waals surface area contributed by atoms with Crippen molar-refractivity contribution in [3.8, 4) is 11.5 Å². The van der Waals surface area contributed by atoms with E-state index < -0.39 is 0 Å². The monoisotopic (exact) mass is 347 g/mol. The van der Waals surface area contributed by atoms with Crippen LogP contribution in [0.25, 0.3) is 11.5 Å². The molecule has 0 saturated carbocycles. The molecule has 5 heteroatoms. The molecule has 0 fully saturated rings. The molecule has 0 atom stereocenters. The van der Waals surface area contributed by atoms with Gasteiger partial charge in [-0.2, -0.15) is 0 Å². The van der Waals surface area contributed by atoms with Crippen molar-refractivity contribution >= 4 is 27.5 Å². The molecule has 0 N–H and O–H groups in total. The van der Waals surface area contributed by atoms with Gasteiger partial charge in [0.05, 0.1) is 0 Å². The molecule has 0 aliphatic rings. The van der Waals surface area contributed by atoms with E-state index in [0.717, 1.165) is 27.6 Å². The number of benzene rings is 1. The van der Waals surface area contributed by atoms with Crippen LogP contribution in [0.2, 0.25) is 5.02 Å². The predicted octanol–water partition coefficient (Wildman–Crippen LogP) is 4.41. The summed E-state index contributed by atoms with van der Waals surface area (Å²) in [6.45, 7) is 0.737. The lowest BCUT2D eigenvalue weighted by atomic mass is 10.2. The first-order chi connectivity index (χ1) is 9.72. The van der Waals surface area contributed by atoms with E-state index in [9.17, 15) is 0 Å². The second-order valence-electron chi connectivity index (χ2n) is 4.36. The topological polar surface area (TPSA) is 30.7 Å². The minimum Gasteiger partial charge on any atom is -0.325 e. The molecule has 2 aromatic heterocycles. The number of nitrogens with zero attached hydrogens (tertiary/aromatic N) is 3. The number of halogens is 2. The first-order valence-electron chi connectivity index (χ1n) is 6.10. The fourth-order valence-electron chi connectivity index (χ4n) is 1.98. The van der Waals surface area contributed by atoms with Crippen molar-refractivity contribution < 1.29 is 0 Å². The molecular weight excluding hydrogens is 338 g/mol. The number of imidazole rings is 1. The molecule has 0 aliphatic heterocycles. The molecule has 0 aliphatic carbocycles. The summed E-state index contributed by atoms with van der Waals surface area (Å²) in [5.41, 5.74) is 2.02. The Bertz CT molecular complexity index is 722. The third-order valence-corrected chi connectivity index (χ3v) is 3.68. The van der Waals surface area contributed by atoms with Crippen LogP contribution in [0, 0.1) is 0 Å². The summed E-state index contributed by atoms with van der Waals surface area (Å²) in [5.74, 6) is 0.848. The van der Waals surface area contributed by atoms with Gasteiger partial charge in [-0.25, -0.2) is 4.98 Å². The Morgan fingerprint density at radius 3 is 2.60 bits per heavy atom. The first-order valence-corrected chi connectivity index (χ1v) is 7.27. The Labute approximate surface area is 130 Å². The summed E-state index contributed by atoms with van der Waals surface area (Å²) < 4.78 is 3.06. The largest absolute Gasteiger partial charge is 0.325 e. The van der Waals surface area contributed by atoms with Crippen LogP contribution in [0.4, 0.5) is 0 Å². The Hall–Kier alpha value is -1.65. The van der Waals surface area contributed by atoms with E-state index in [1.165, 1.54) is 5.56 Å². The lowest BCUT2D eigenvalue weighted by Gasteiger charge is -2.08. The van der Waals surface area contributed by atoms with Crippen LogP contribution in [-0.2, 0) is 6.54 Å². The summed E-state index contributed by atoms with van der Waals surface area (Å²) in [6, 6.07) is 11.7. The lowest BCUT2D eigenvalue weighted by molar-refractivity contribution is 0.803. The van der Waals surface area contributed by atoms with E-state index in [1.54, 1.807) is 12.4 Å². The van der Waals surface area contributed by atoms with E-state index in [-0.39, 0.29) is 0 Å². The van der Waals surface area contributed by atoms with Crippen molar-refractivity contribution in [2.24, 2.45) is 0 Å². The highest BCUT2D eigenvalue weighted by Crippen LogP contribution is 2.20. The fraction of sp³-hybridized carbons (Fsp3) is 0.0667. The van der Waals surface area contributed by atoms with Crippen molar-refractivity contribution in [3.05, 3.63) is 70.0 Å². The number of hydrogen-bond donors (Lipinski definition) is 0. The Morgan fingerprint density at radius 2 is 1.85 bits per heavy atom. The van der Waals surface area contributed by atoms with E-state index in [2.05, 4.69) is 30.5 Å². The second-order valence-corrected chi connectivity index (χ2v) is 5.72. The highest BCUT2D eigenvalue weighted by Gasteiger charge is 2.08. The first kappa shape index (κ1) is 13.3. The Morgan fingerprint density at radius 1 is 1.05 bits per heavy atom. The Kier molecular flexibility index (Phi) is 3.85. The number of hydrogen-bond acceptors (Lipinski definition) is 2. The fourth-order valence-corrected chi connectivity index (χ4v) is 2.44. The molecule has 2 heterocycles. The van der Waals surface area contributed by atoms with Gasteiger partial charge in [-0.05, 0) is 29.8 Å². The molecule has 0 radical (unpaired) electrons. The number of pyridine rings is 1. The van der Waals surface area contributed by atoms with Gasteiger partial charge in [0.25, 0.3) is 0 Å². The minimum absolute atomic E-state index is 0.737. The molecule has 0 spiro atoms. The molecule has 3 rings (SSSR count). The van der Waals surface area contributed by atoms with Crippen molar-refractivity contribution in [1.29, 1.82) is 0 Å². The molecule has 0 unspecified atom stereocenters. The molecular formula is C15H11BrClN3. The van der Waals surface area contributed by atoms with Gasteiger partial charge in [0.2, 0.25) is 0 Å². The van der Waals surface area contributed by atoms with E-state index in [4.69, 9.17) is 11.6 Å². The zero-order chi connectivity index (χ0) is 13.9. The van der Waals surface area contributed by atoms with Gasteiger partial charge in [0.1, 0.15) is 5.69 Å². The maximum atomic E-state index is 5.90. The zero-order valence-corrected chi connectivity index (χ0v) is 12.8. The van der Waals surface area contributed by atoms with Crippen LogP contribution in [-0.4, -0.2) is 14.5 Å². The van der Waals surface area contributed by atoms with Crippen molar-refractivity contribution in [2.45, 2.75) is 6.54 Å². The van der Waals surface area contributed by atoms with Gasteiger partial charge in [0, 0.05) is 34.6 Å². The van der Waals surface area contributed by atoms with E-state index in [1.807, 2.05) is 42.6 Å². The van der Waals surface area contributed by atoms with Gasteiger partial charge in [-0.15, -0.1) is 0 Å². The quantitative estimate of drug-likeness (QED) is 0.702. The van der Waals surface area contributed by atoms with Crippen LogP contribution in [0.3, 0.4) is 0 Å².